The molecular formula is C13H19NO4S. The number of carbonyl (C=O) groups is 2. The second kappa shape index (κ2) is 6.65. The van der Waals surface area contributed by atoms with Crippen molar-refractivity contribution in [3.05, 3.63) is 23.7 Å². The molecule has 1 amide bonds. The van der Waals surface area contributed by atoms with E-state index in [4.69, 9.17) is 9.52 Å². The van der Waals surface area contributed by atoms with Crippen molar-refractivity contribution < 1.29 is 19.1 Å². The van der Waals surface area contributed by atoms with Gasteiger partial charge < -0.3 is 14.8 Å². The van der Waals surface area contributed by atoms with Gasteiger partial charge in [-0.3, -0.25) is 4.79 Å². The smallest absolute Gasteiger partial charge is 0.371 e. The first-order valence-corrected chi connectivity index (χ1v) is 7.37. The number of thioether (sulfide) groups is 1. The van der Waals surface area contributed by atoms with Gasteiger partial charge in [0.1, 0.15) is 0 Å². The summed E-state index contributed by atoms with van der Waals surface area (Å²) in [5.74, 6) is -1.76. The lowest BCUT2D eigenvalue weighted by Crippen LogP contribution is -2.39. The number of carbonyl (C=O) groups excluding carboxylic acids is 1. The summed E-state index contributed by atoms with van der Waals surface area (Å²) in [5.41, 5.74) is 0. The van der Waals surface area contributed by atoms with E-state index in [1.165, 1.54) is 12.1 Å². The van der Waals surface area contributed by atoms with Crippen LogP contribution in [-0.4, -0.2) is 34.5 Å². The average molecular weight is 285 g/mol. The van der Waals surface area contributed by atoms with Crippen LogP contribution in [0.3, 0.4) is 0 Å². The van der Waals surface area contributed by atoms with Crippen LogP contribution < -0.4 is 5.32 Å². The normalized spacial score (nSPS) is 11.3. The van der Waals surface area contributed by atoms with Crippen LogP contribution >= 0.6 is 11.8 Å². The van der Waals surface area contributed by atoms with Crippen molar-refractivity contribution in [2.75, 3.05) is 12.8 Å². The summed E-state index contributed by atoms with van der Waals surface area (Å²) in [6.45, 7) is 4.70. The maximum Gasteiger partial charge on any atom is 0.371 e. The highest BCUT2D eigenvalue weighted by Crippen LogP contribution is 2.29. The first kappa shape index (κ1) is 15.6. The molecule has 19 heavy (non-hydrogen) atoms. The van der Waals surface area contributed by atoms with Crippen molar-refractivity contribution in [2.24, 2.45) is 0 Å². The van der Waals surface area contributed by atoms with Gasteiger partial charge in [-0.1, -0.05) is 13.8 Å². The van der Waals surface area contributed by atoms with Crippen molar-refractivity contribution in [3.8, 4) is 0 Å². The molecule has 1 heterocycles. The van der Waals surface area contributed by atoms with E-state index in [1.54, 1.807) is 11.8 Å². The summed E-state index contributed by atoms with van der Waals surface area (Å²) < 4.78 is 4.97. The van der Waals surface area contributed by atoms with Gasteiger partial charge in [0.15, 0.2) is 5.76 Å². The second-order valence-electron chi connectivity index (χ2n) is 4.25. The zero-order chi connectivity index (χ0) is 14.5. The Morgan fingerprint density at radius 1 is 1.32 bits per heavy atom. The third-order valence-corrected chi connectivity index (χ3v) is 4.92. The molecule has 0 fully saturated rings. The van der Waals surface area contributed by atoms with Gasteiger partial charge in [0.05, 0.1) is 0 Å². The quantitative estimate of drug-likeness (QED) is 0.805. The third-order valence-electron chi connectivity index (χ3n) is 3.33. The number of hydrogen-bond donors (Lipinski definition) is 2. The highest BCUT2D eigenvalue weighted by atomic mass is 32.2. The molecule has 0 aromatic carbocycles. The molecule has 6 heteroatoms. The van der Waals surface area contributed by atoms with Gasteiger partial charge in [-0.2, -0.15) is 11.8 Å². The molecule has 0 saturated carbocycles. The van der Waals surface area contributed by atoms with E-state index < -0.39 is 5.97 Å². The second-order valence-corrected chi connectivity index (χ2v) is 5.52. The minimum atomic E-state index is -1.18. The summed E-state index contributed by atoms with van der Waals surface area (Å²) in [6, 6.07) is 2.65. The van der Waals surface area contributed by atoms with Gasteiger partial charge in [0.2, 0.25) is 5.76 Å². The number of carboxylic acid groups (broad SMARTS) is 1. The average Bonchev–Trinajstić information content (AvgIpc) is 2.90. The number of nitrogens with one attached hydrogen (secondary N) is 1. The maximum atomic E-state index is 11.9. The van der Waals surface area contributed by atoms with Crippen LogP contribution in [0.1, 0.15) is 47.8 Å². The Morgan fingerprint density at radius 2 is 1.89 bits per heavy atom. The molecule has 0 unspecified atom stereocenters. The highest BCUT2D eigenvalue weighted by Gasteiger charge is 2.26. The topological polar surface area (TPSA) is 79.5 Å². The molecule has 0 saturated heterocycles. The minimum absolute atomic E-state index is 0.0118. The molecule has 1 aromatic heterocycles. The molecule has 0 aliphatic heterocycles. The molecule has 0 atom stereocenters. The first-order valence-electron chi connectivity index (χ1n) is 6.14. The SMILES string of the molecule is CCC(CC)(CNC(=O)c1ccc(C(=O)O)o1)SC. The number of carboxylic acids is 1. The van der Waals surface area contributed by atoms with Crippen LogP contribution in [0.5, 0.6) is 0 Å². The van der Waals surface area contributed by atoms with Crippen LogP contribution in [0.2, 0.25) is 0 Å². The van der Waals surface area contributed by atoms with E-state index >= 15 is 0 Å². The van der Waals surface area contributed by atoms with Crippen molar-refractivity contribution >= 4 is 23.6 Å². The van der Waals surface area contributed by atoms with Crippen LogP contribution in [0.25, 0.3) is 0 Å². The predicted molar refractivity (Wildman–Crippen MR) is 74.8 cm³/mol. The molecule has 5 nitrogen and oxygen atoms in total. The Hall–Kier alpha value is -1.43. The van der Waals surface area contributed by atoms with Crippen LogP contribution in [0.4, 0.5) is 0 Å². The predicted octanol–water partition coefficient (Wildman–Crippen LogP) is 2.63. The van der Waals surface area contributed by atoms with E-state index in [-0.39, 0.29) is 22.2 Å². The summed E-state index contributed by atoms with van der Waals surface area (Å²) in [7, 11) is 0. The molecule has 0 aliphatic carbocycles. The Kier molecular flexibility index (Phi) is 5.47. The van der Waals surface area contributed by atoms with Gasteiger partial charge in [-0.25, -0.2) is 4.79 Å². The van der Waals surface area contributed by atoms with Crippen LogP contribution in [0, 0.1) is 0 Å². The lowest BCUT2D eigenvalue weighted by atomic mass is 10.0. The fourth-order valence-corrected chi connectivity index (χ4v) is 2.56. The lowest BCUT2D eigenvalue weighted by molar-refractivity contribution is 0.0659. The number of hydrogen-bond acceptors (Lipinski definition) is 4. The molecule has 2 N–H and O–H groups in total. The zero-order valence-corrected chi connectivity index (χ0v) is 12.2. The van der Waals surface area contributed by atoms with Crippen molar-refractivity contribution in [3.63, 3.8) is 0 Å². The van der Waals surface area contributed by atoms with Crippen molar-refractivity contribution in [1.29, 1.82) is 0 Å². The van der Waals surface area contributed by atoms with E-state index in [0.717, 1.165) is 12.8 Å². The summed E-state index contributed by atoms with van der Waals surface area (Å²) in [5, 5.41) is 11.5. The van der Waals surface area contributed by atoms with E-state index in [2.05, 4.69) is 19.2 Å². The molecule has 0 aliphatic rings. The molecule has 0 spiro atoms. The highest BCUT2D eigenvalue weighted by molar-refractivity contribution is 8.00. The fourth-order valence-electron chi connectivity index (χ4n) is 1.76. The number of furan rings is 1. The Labute approximate surface area is 116 Å². The standard InChI is InChI=1S/C13H19NO4S/c1-4-13(5-2,19-3)8-14-11(15)9-6-7-10(18-9)12(16)17/h6-7H,4-5,8H2,1-3H3,(H,14,15)(H,16,17). The largest absolute Gasteiger partial charge is 0.475 e. The molecular weight excluding hydrogens is 266 g/mol. The van der Waals surface area contributed by atoms with Gasteiger partial charge in [-0.05, 0) is 31.2 Å². The molecule has 1 rings (SSSR count). The van der Waals surface area contributed by atoms with Gasteiger partial charge in [-0.15, -0.1) is 0 Å². The van der Waals surface area contributed by atoms with E-state index in [9.17, 15) is 9.59 Å². The Balaban J connectivity index is 2.66. The minimum Gasteiger partial charge on any atom is -0.475 e. The van der Waals surface area contributed by atoms with E-state index in [0.29, 0.717) is 6.54 Å². The third kappa shape index (κ3) is 3.76. The summed E-state index contributed by atoms with van der Waals surface area (Å²) >= 11 is 1.73. The van der Waals surface area contributed by atoms with E-state index in [1.807, 2.05) is 6.26 Å². The summed E-state index contributed by atoms with van der Waals surface area (Å²) in [4.78, 5) is 22.5. The van der Waals surface area contributed by atoms with Crippen LogP contribution in [-0.2, 0) is 0 Å². The zero-order valence-electron chi connectivity index (χ0n) is 11.4. The lowest BCUT2D eigenvalue weighted by Gasteiger charge is -2.29. The van der Waals surface area contributed by atoms with Crippen LogP contribution in [0.15, 0.2) is 16.5 Å². The summed E-state index contributed by atoms with van der Waals surface area (Å²) in [6.07, 6.45) is 3.92. The first-order chi connectivity index (χ1) is 8.98. The number of rotatable bonds is 7. The monoisotopic (exact) mass is 285 g/mol. The number of amides is 1. The Morgan fingerprint density at radius 3 is 2.32 bits per heavy atom. The number of aromatic carboxylic acids is 1. The van der Waals surface area contributed by atoms with Gasteiger partial charge in [0.25, 0.3) is 5.91 Å². The molecule has 1 aromatic rings. The Bertz CT molecular complexity index is 443. The van der Waals surface area contributed by atoms with Gasteiger partial charge in [0, 0.05) is 11.3 Å². The molecule has 0 bridgehead atoms. The maximum absolute atomic E-state index is 11.9. The van der Waals surface area contributed by atoms with Crippen molar-refractivity contribution in [2.45, 2.75) is 31.4 Å². The fraction of sp³-hybridized carbons (Fsp3) is 0.538. The molecule has 0 radical (unpaired) electrons. The van der Waals surface area contributed by atoms with Gasteiger partial charge >= 0.3 is 5.97 Å². The molecule has 106 valence electrons. The van der Waals surface area contributed by atoms with Crippen molar-refractivity contribution in [1.82, 2.24) is 5.32 Å².